The van der Waals surface area contributed by atoms with Crippen molar-refractivity contribution in [2.75, 3.05) is 12.3 Å². The minimum Gasteiger partial charge on any atom is -0.383 e. The molecule has 0 radical (unpaired) electrons. The van der Waals surface area contributed by atoms with Gasteiger partial charge in [-0.25, -0.2) is 4.98 Å². The molecule has 1 aliphatic heterocycles. The lowest BCUT2D eigenvalue weighted by molar-refractivity contribution is 0.114. The fourth-order valence-corrected chi connectivity index (χ4v) is 4.60. The molecule has 7 heteroatoms. The van der Waals surface area contributed by atoms with Crippen molar-refractivity contribution in [1.29, 1.82) is 5.26 Å². The Morgan fingerprint density at radius 1 is 1.42 bits per heavy atom. The normalized spacial score (nSPS) is 16.7. The third-order valence-electron chi connectivity index (χ3n) is 4.68. The van der Waals surface area contributed by atoms with Crippen molar-refractivity contribution in [1.82, 2.24) is 14.8 Å². The Morgan fingerprint density at radius 2 is 2.27 bits per heavy atom. The van der Waals surface area contributed by atoms with Crippen molar-refractivity contribution in [3.8, 4) is 27.8 Å². The summed E-state index contributed by atoms with van der Waals surface area (Å²) in [4.78, 5) is 6.69. The predicted octanol–water partition coefficient (Wildman–Crippen LogP) is 3.82. The van der Waals surface area contributed by atoms with E-state index in [1.165, 1.54) is 4.88 Å². The van der Waals surface area contributed by atoms with Gasteiger partial charge in [-0.15, -0.1) is 11.3 Å². The summed E-state index contributed by atoms with van der Waals surface area (Å²) in [5, 5.41) is 13.9. The number of nitrogens with zero attached hydrogens (tertiary/aromatic N) is 4. The fourth-order valence-electron chi connectivity index (χ4n) is 3.40. The van der Waals surface area contributed by atoms with Crippen LogP contribution in [0.2, 0.25) is 0 Å². The first-order chi connectivity index (χ1) is 12.6. The summed E-state index contributed by atoms with van der Waals surface area (Å²) in [7, 11) is 1.86. The van der Waals surface area contributed by atoms with E-state index in [1.807, 2.05) is 20.2 Å². The molecule has 132 valence electrons. The van der Waals surface area contributed by atoms with Crippen LogP contribution in [0.15, 0.2) is 24.5 Å². The summed E-state index contributed by atoms with van der Waals surface area (Å²) in [5.74, 6) is 0.249. The number of nitrogens with two attached hydrogens (primary N) is 1. The Balaban J connectivity index is 1.87. The molecule has 6 nitrogen and oxygen atoms in total. The van der Waals surface area contributed by atoms with E-state index < -0.39 is 0 Å². The van der Waals surface area contributed by atoms with Crippen molar-refractivity contribution in [3.05, 3.63) is 40.5 Å². The van der Waals surface area contributed by atoms with Crippen LogP contribution in [-0.4, -0.2) is 21.4 Å². The second-order valence-corrected chi connectivity index (χ2v) is 7.55. The molecule has 0 spiro atoms. The molecule has 0 aliphatic carbocycles. The van der Waals surface area contributed by atoms with Gasteiger partial charge in [0.25, 0.3) is 0 Å². The molecular formula is C19H19N5OS. The number of hydrogen-bond acceptors (Lipinski definition) is 6. The number of hydrogen-bond donors (Lipinski definition) is 1. The van der Waals surface area contributed by atoms with Crippen molar-refractivity contribution >= 4 is 17.2 Å². The quantitative estimate of drug-likeness (QED) is 0.762. The van der Waals surface area contributed by atoms with Crippen LogP contribution in [0, 0.1) is 18.3 Å². The zero-order valence-electron chi connectivity index (χ0n) is 14.7. The molecule has 4 rings (SSSR count). The van der Waals surface area contributed by atoms with Gasteiger partial charge in [-0.2, -0.15) is 10.4 Å². The van der Waals surface area contributed by atoms with Crippen molar-refractivity contribution in [2.24, 2.45) is 7.05 Å². The smallest absolute Gasteiger partial charge is 0.142 e. The first-order valence-corrected chi connectivity index (χ1v) is 9.31. The Kier molecular flexibility index (Phi) is 4.23. The maximum absolute atomic E-state index is 9.66. The number of anilines is 1. The lowest BCUT2D eigenvalue weighted by Crippen LogP contribution is -2.02. The molecule has 0 aromatic carbocycles. The van der Waals surface area contributed by atoms with Crippen LogP contribution in [0.5, 0.6) is 0 Å². The number of thiophene rings is 1. The third kappa shape index (κ3) is 2.77. The second-order valence-electron chi connectivity index (χ2n) is 6.44. The van der Waals surface area contributed by atoms with E-state index >= 15 is 0 Å². The number of ether oxygens (including phenoxy) is 1. The standard InChI is InChI=1S/C19H19N5OS/c1-11-17(16-6-5-15(26-16)14-4-3-7-25-14)13(8-20)19(21)23-18(11)12-9-22-24(2)10-12/h5-6,9-10,14H,3-4,7H2,1-2H3,(H2,21,23)/t14-/m1/s1. The van der Waals surface area contributed by atoms with Gasteiger partial charge >= 0.3 is 0 Å². The molecule has 1 fully saturated rings. The van der Waals surface area contributed by atoms with Crippen LogP contribution in [0.25, 0.3) is 21.7 Å². The molecule has 3 aromatic heterocycles. The molecule has 1 saturated heterocycles. The highest BCUT2D eigenvalue weighted by molar-refractivity contribution is 7.15. The second kappa shape index (κ2) is 6.56. The van der Waals surface area contributed by atoms with E-state index in [2.05, 4.69) is 28.3 Å². The first-order valence-electron chi connectivity index (χ1n) is 8.49. The molecule has 26 heavy (non-hydrogen) atoms. The summed E-state index contributed by atoms with van der Waals surface area (Å²) < 4.78 is 7.52. The fraction of sp³-hybridized carbons (Fsp3) is 0.316. The largest absolute Gasteiger partial charge is 0.383 e. The van der Waals surface area contributed by atoms with E-state index in [0.29, 0.717) is 5.56 Å². The Hall–Kier alpha value is -2.69. The third-order valence-corrected chi connectivity index (χ3v) is 5.87. The van der Waals surface area contributed by atoms with Crippen molar-refractivity contribution in [2.45, 2.75) is 25.9 Å². The van der Waals surface area contributed by atoms with Gasteiger partial charge in [-0.3, -0.25) is 4.68 Å². The lowest BCUT2D eigenvalue weighted by Gasteiger charge is -2.13. The minimum absolute atomic E-state index is 0.163. The summed E-state index contributed by atoms with van der Waals surface area (Å²) in [6.07, 6.45) is 5.96. The van der Waals surface area contributed by atoms with Gasteiger partial charge in [0.15, 0.2) is 0 Å². The van der Waals surface area contributed by atoms with E-state index in [1.54, 1.807) is 22.2 Å². The number of pyridine rings is 1. The van der Waals surface area contributed by atoms with Crippen LogP contribution in [0.3, 0.4) is 0 Å². The SMILES string of the molecule is Cc1c(-c2cnn(C)c2)nc(N)c(C#N)c1-c1ccc([C@H]2CCCO2)s1. The molecule has 2 N–H and O–H groups in total. The van der Waals surface area contributed by atoms with Crippen LogP contribution < -0.4 is 5.73 Å². The zero-order chi connectivity index (χ0) is 18.3. The predicted molar refractivity (Wildman–Crippen MR) is 102 cm³/mol. The van der Waals surface area contributed by atoms with Gasteiger partial charge in [0.1, 0.15) is 17.5 Å². The summed E-state index contributed by atoms with van der Waals surface area (Å²) in [6, 6.07) is 6.38. The summed E-state index contributed by atoms with van der Waals surface area (Å²) in [6.45, 7) is 2.80. The average Bonchev–Trinajstić information content (AvgIpc) is 3.36. The monoisotopic (exact) mass is 365 g/mol. The highest BCUT2D eigenvalue weighted by atomic mass is 32.1. The number of rotatable bonds is 3. The van der Waals surface area contributed by atoms with Crippen LogP contribution >= 0.6 is 11.3 Å². The molecule has 1 atom stereocenters. The highest BCUT2D eigenvalue weighted by Gasteiger charge is 2.23. The van der Waals surface area contributed by atoms with Gasteiger partial charge in [-0.05, 0) is 37.5 Å². The van der Waals surface area contributed by atoms with Gasteiger partial charge in [0.05, 0.1) is 18.0 Å². The maximum atomic E-state index is 9.66. The molecule has 3 aromatic rings. The Labute approximate surface area is 155 Å². The van der Waals surface area contributed by atoms with Crippen molar-refractivity contribution < 1.29 is 4.74 Å². The van der Waals surface area contributed by atoms with Crippen LogP contribution in [0.4, 0.5) is 5.82 Å². The zero-order valence-corrected chi connectivity index (χ0v) is 15.5. The highest BCUT2D eigenvalue weighted by Crippen LogP contribution is 2.42. The minimum atomic E-state index is 0.163. The van der Waals surface area contributed by atoms with Crippen LogP contribution in [-0.2, 0) is 11.8 Å². The van der Waals surface area contributed by atoms with E-state index in [-0.39, 0.29) is 11.9 Å². The Morgan fingerprint density at radius 3 is 2.92 bits per heavy atom. The number of nitriles is 1. The molecule has 4 heterocycles. The van der Waals surface area contributed by atoms with Gasteiger partial charge in [0, 0.05) is 40.7 Å². The van der Waals surface area contributed by atoms with Crippen LogP contribution in [0.1, 0.15) is 34.9 Å². The van der Waals surface area contributed by atoms with Gasteiger partial charge in [0.2, 0.25) is 0 Å². The molecule has 1 aliphatic rings. The molecule has 0 bridgehead atoms. The lowest BCUT2D eigenvalue weighted by atomic mass is 9.98. The van der Waals surface area contributed by atoms with Gasteiger partial charge in [-0.1, -0.05) is 0 Å². The Bertz CT molecular complexity index is 1010. The molecule has 0 saturated carbocycles. The molecule has 0 amide bonds. The molecular weight excluding hydrogens is 346 g/mol. The summed E-state index contributed by atoms with van der Waals surface area (Å²) >= 11 is 1.66. The first kappa shape index (κ1) is 16.8. The van der Waals surface area contributed by atoms with Crippen molar-refractivity contribution in [3.63, 3.8) is 0 Å². The number of aromatic nitrogens is 3. The summed E-state index contributed by atoms with van der Waals surface area (Å²) in [5.41, 5.74) is 10.00. The average molecular weight is 365 g/mol. The van der Waals surface area contributed by atoms with Gasteiger partial charge < -0.3 is 10.5 Å². The maximum Gasteiger partial charge on any atom is 0.142 e. The van der Waals surface area contributed by atoms with E-state index in [0.717, 1.165) is 46.7 Å². The molecule has 0 unspecified atom stereocenters. The number of nitrogen functional groups attached to an aromatic ring is 1. The topological polar surface area (TPSA) is 89.8 Å². The number of aryl methyl sites for hydroxylation is 1. The van der Waals surface area contributed by atoms with E-state index in [4.69, 9.17) is 10.5 Å². The van der Waals surface area contributed by atoms with E-state index in [9.17, 15) is 5.26 Å².